The van der Waals surface area contributed by atoms with E-state index >= 15 is 0 Å². The van der Waals surface area contributed by atoms with Gasteiger partial charge >= 0.3 is 0 Å². The molecule has 0 aliphatic rings. The van der Waals surface area contributed by atoms with E-state index in [1.807, 2.05) is 0 Å². The van der Waals surface area contributed by atoms with Gasteiger partial charge in [-0.1, -0.05) is 91.0 Å². The van der Waals surface area contributed by atoms with E-state index in [1.165, 1.54) is 21.9 Å². The van der Waals surface area contributed by atoms with Crippen molar-refractivity contribution in [3.05, 3.63) is 96.6 Å². The van der Waals surface area contributed by atoms with Crippen LogP contribution in [0.4, 0.5) is 0 Å². The van der Waals surface area contributed by atoms with Gasteiger partial charge in [-0.3, -0.25) is 9.59 Å². The van der Waals surface area contributed by atoms with Gasteiger partial charge < -0.3 is 0 Å². The van der Waals surface area contributed by atoms with Crippen LogP contribution in [-0.2, 0) is 33.9 Å². The summed E-state index contributed by atoms with van der Waals surface area (Å²) in [5.74, 6) is 0.208. The van der Waals surface area contributed by atoms with Crippen LogP contribution in [0.25, 0.3) is 0 Å². The Morgan fingerprint density at radius 1 is 0.621 bits per heavy atom. The van der Waals surface area contributed by atoms with E-state index in [1.54, 1.807) is 0 Å². The molecule has 0 heterocycles. The van der Waals surface area contributed by atoms with Gasteiger partial charge in [0.05, 0.1) is 0 Å². The quantitative estimate of drug-likeness (QED) is 0.137. The summed E-state index contributed by atoms with van der Waals surface area (Å²) in [6.07, 6.45) is 0. The minimum atomic E-state index is -0.530. The maximum atomic E-state index is 10.3. The number of carbonyl (C=O) groups is 2. The molecule has 3 nitrogen and oxygen atoms in total. The Morgan fingerprint density at radius 3 is 1.07 bits per heavy atom. The molecule has 0 N–H and O–H groups in total. The average molecular weight is 491 g/mol. The van der Waals surface area contributed by atoms with Crippen molar-refractivity contribution in [2.75, 3.05) is 0 Å². The molecule has 0 atom stereocenters. The van der Waals surface area contributed by atoms with Crippen molar-refractivity contribution < 1.29 is 33.9 Å². The Kier molecular flexibility index (Phi) is 10.9. The van der Waals surface area contributed by atoms with Crippen molar-refractivity contribution >= 4 is 41.3 Å². The molecular weight excluding hydrogens is 470 g/mol. The van der Waals surface area contributed by atoms with Crippen molar-refractivity contribution in [1.82, 2.24) is 0 Å². The molecule has 3 aromatic rings. The monoisotopic (exact) mass is 491 g/mol. The van der Waals surface area contributed by atoms with Crippen LogP contribution in [0.1, 0.15) is 13.8 Å². The van der Waals surface area contributed by atoms with Gasteiger partial charge in [0.15, 0.2) is 11.6 Å². The minimum absolute atomic E-state index is 0. The first-order valence-corrected chi connectivity index (χ1v) is 10.1. The van der Waals surface area contributed by atoms with Crippen LogP contribution in [-0.4, -0.2) is 17.5 Å². The molecule has 0 aliphatic heterocycles. The van der Waals surface area contributed by atoms with Crippen molar-refractivity contribution in [3.8, 4) is 0 Å². The first-order chi connectivity index (χ1) is 13.5. The van der Waals surface area contributed by atoms with E-state index < -0.39 is 25.1 Å². The molecule has 0 aromatic heterocycles. The molecule has 149 valence electrons. The van der Waals surface area contributed by atoms with Crippen LogP contribution in [0.15, 0.2) is 96.6 Å². The molecule has 0 saturated carbocycles. The molecule has 0 saturated heterocycles. The largest absolute Gasteiger partial charge is 0.294 e. The number of allylic oxidation sites excluding steroid dienone is 1. The van der Waals surface area contributed by atoms with Gasteiger partial charge in [-0.2, -0.15) is 0 Å². The van der Waals surface area contributed by atoms with Crippen LogP contribution in [0.3, 0.4) is 0 Å². The third kappa shape index (κ3) is 7.44. The Balaban J connectivity index is 0.000000362. The first kappa shape index (κ1) is 24.5. The molecule has 0 aliphatic carbocycles. The molecule has 3 aromatic carbocycles. The van der Waals surface area contributed by atoms with E-state index in [0.29, 0.717) is 0 Å². The van der Waals surface area contributed by atoms with Gasteiger partial charge in [0, 0.05) is 33.3 Å². The summed E-state index contributed by atoms with van der Waals surface area (Å²) in [5.41, 5.74) is -0.394. The molecule has 0 amide bonds. The maximum Gasteiger partial charge on any atom is 0.174 e. The van der Waals surface area contributed by atoms with Crippen LogP contribution < -0.4 is 15.9 Å². The second-order valence-electron chi connectivity index (χ2n) is 5.93. The fourth-order valence-electron chi connectivity index (χ4n) is 2.57. The Bertz CT molecular complexity index is 857. The van der Waals surface area contributed by atoms with Crippen molar-refractivity contribution in [2.45, 2.75) is 13.8 Å². The molecule has 0 spiro atoms. The summed E-state index contributed by atoms with van der Waals surface area (Å²) in [5, 5.41) is 4.19. The molecule has 5 heteroatoms. The van der Waals surface area contributed by atoms with Crippen molar-refractivity contribution in [3.63, 3.8) is 0 Å². The number of carbonyl (C=O) groups excluding carboxylic acids is 3. The number of ketones is 2. The third-order valence-corrected chi connectivity index (χ3v) is 6.29. The predicted molar refractivity (Wildman–Crippen MR) is 116 cm³/mol. The Labute approximate surface area is 185 Å². The Hall–Kier alpha value is -2.50. The van der Waals surface area contributed by atoms with Gasteiger partial charge in [0.1, 0.15) is 11.5 Å². The summed E-state index contributed by atoms with van der Waals surface area (Å²) >= 11 is 0. The second kappa shape index (κ2) is 12.9. The molecule has 0 fully saturated rings. The van der Waals surface area contributed by atoms with Gasteiger partial charge in [0.25, 0.3) is 0 Å². The molecule has 0 bridgehead atoms. The third-order valence-electron chi connectivity index (χ3n) is 3.85. The minimum Gasteiger partial charge on any atom is -0.294 e. The van der Waals surface area contributed by atoms with Gasteiger partial charge in [-0.25, -0.2) is 4.79 Å². The van der Waals surface area contributed by atoms with Crippen molar-refractivity contribution in [1.29, 1.82) is 0 Å². The van der Waals surface area contributed by atoms with E-state index in [-0.39, 0.29) is 19.5 Å². The van der Waals surface area contributed by atoms with Crippen LogP contribution in [0.2, 0.25) is 0 Å². The zero-order valence-corrected chi connectivity index (χ0v) is 18.7. The smallest absolute Gasteiger partial charge is 0.174 e. The standard InChI is InChI=1S/C18H15P.C6H6O3.Rh/c1-4-10-16(11-5-1)19(17-12-6-2-7-13-17)18-14-8-3-9-15-18;1-4(8)6(3-7)5(2)9;/h1-15H;1-2H3;. The van der Waals surface area contributed by atoms with E-state index in [4.69, 9.17) is 0 Å². The predicted octanol–water partition coefficient (Wildman–Crippen LogP) is 3.36. The normalized spacial score (nSPS) is 9.34. The van der Waals surface area contributed by atoms with Crippen LogP contribution in [0, 0.1) is 0 Å². The Morgan fingerprint density at radius 2 is 0.897 bits per heavy atom. The molecule has 29 heavy (non-hydrogen) atoms. The summed E-state index contributed by atoms with van der Waals surface area (Å²) in [6, 6.07) is 32.3. The zero-order valence-electron chi connectivity index (χ0n) is 16.2. The fraction of sp³-hybridized carbons (Fsp3) is 0.0833. The van der Waals surface area contributed by atoms with Gasteiger partial charge in [0.2, 0.25) is 0 Å². The summed E-state index contributed by atoms with van der Waals surface area (Å²) < 4.78 is 0. The average Bonchev–Trinajstić information content (AvgIpc) is 2.71. The number of hydrogen-bond acceptors (Lipinski definition) is 3. The van der Waals surface area contributed by atoms with E-state index in [9.17, 15) is 14.4 Å². The van der Waals surface area contributed by atoms with E-state index in [0.717, 1.165) is 13.8 Å². The fourth-order valence-corrected chi connectivity index (χ4v) is 4.88. The first-order valence-electron chi connectivity index (χ1n) is 8.77. The second-order valence-corrected chi connectivity index (χ2v) is 8.15. The van der Waals surface area contributed by atoms with Crippen LogP contribution in [0.5, 0.6) is 0 Å². The number of rotatable bonds is 5. The summed E-state index contributed by atoms with van der Waals surface area (Å²) in [4.78, 5) is 30.4. The summed E-state index contributed by atoms with van der Waals surface area (Å²) in [7, 11) is -0.446. The van der Waals surface area contributed by atoms with Crippen molar-refractivity contribution in [2.24, 2.45) is 0 Å². The SMILES string of the molecule is CC(=O)C(=C=O)C(C)=O.[Rh].c1ccc(P(c2ccccc2)c2ccccc2)cc1. The maximum absolute atomic E-state index is 10.3. The zero-order chi connectivity index (χ0) is 20.4. The molecule has 1 radical (unpaired) electrons. The molecule has 3 rings (SSSR count). The van der Waals surface area contributed by atoms with Gasteiger partial charge in [-0.15, -0.1) is 0 Å². The summed E-state index contributed by atoms with van der Waals surface area (Å²) in [6.45, 7) is 2.31. The number of hydrogen-bond donors (Lipinski definition) is 0. The number of benzene rings is 3. The topological polar surface area (TPSA) is 51.2 Å². The molecular formula is C24H21O3PRh. The number of Topliss-reactive ketones (excluding diaryl/α,β-unsaturated/α-hetero) is 2. The van der Waals surface area contributed by atoms with Gasteiger partial charge in [-0.05, 0) is 23.8 Å². The van der Waals surface area contributed by atoms with Crippen LogP contribution >= 0.6 is 7.92 Å². The van der Waals surface area contributed by atoms with E-state index in [2.05, 4.69) is 91.0 Å². The molecule has 0 unspecified atom stereocenters.